The van der Waals surface area contributed by atoms with Crippen LogP contribution < -0.4 is 21.3 Å². The number of H-pyrrole nitrogens is 1. The fourth-order valence-electron chi connectivity index (χ4n) is 3.04. The van der Waals surface area contributed by atoms with Gasteiger partial charge in [0.25, 0.3) is 0 Å². The van der Waals surface area contributed by atoms with E-state index >= 15 is 0 Å². The molecule has 2 atom stereocenters. The molecule has 5 amide bonds. The molecule has 0 radical (unpaired) electrons. The molecule has 6 N–H and O–H groups in total. The number of amides is 5. The van der Waals surface area contributed by atoms with Crippen molar-refractivity contribution in [3.05, 3.63) is 36.0 Å². The molecule has 0 saturated heterocycles. The Morgan fingerprint density at radius 2 is 1.88 bits per heavy atom. The van der Waals surface area contributed by atoms with Crippen molar-refractivity contribution < 1.29 is 29.1 Å². The topological polar surface area (TPSA) is 173 Å². The zero-order chi connectivity index (χ0) is 23.7. The molecule has 0 aliphatic carbocycles. The molecule has 0 saturated carbocycles. The highest BCUT2D eigenvalue weighted by Gasteiger charge is 2.24. The highest BCUT2D eigenvalue weighted by Crippen LogP contribution is 2.19. The average molecular weight is 446 g/mol. The van der Waals surface area contributed by atoms with E-state index in [1.807, 2.05) is 24.3 Å². The third-order valence-corrected chi connectivity index (χ3v) is 4.66. The fraction of sp³-hybridized carbons (Fsp3) is 0.350. The number of nitrogens with zero attached hydrogens (tertiary/aromatic N) is 1. The van der Waals surface area contributed by atoms with Gasteiger partial charge in [-0.05, 0) is 11.6 Å². The molecule has 1 aromatic heterocycles. The molecule has 12 nitrogen and oxygen atoms in total. The van der Waals surface area contributed by atoms with Crippen molar-refractivity contribution in [1.82, 2.24) is 31.2 Å². The maximum atomic E-state index is 12.1. The first kappa shape index (κ1) is 24.2. The van der Waals surface area contributed by atoms with Gasteiger partial charge in [-0.3, -0.25) is 14.4 Å². The first-order valence-electron chi connectivity index (χ1n) is 9.73. The minimum absolute atomic E-state index is 0.0374. The number of carbonyl (C=O) groups is 5. The number of para-hydroxylation sites is 1. The molecule has 0 fully saturated rings. The van der Waals surface area contributed by atoms with Gasteiger partial charge < -0.3 is 36.3 Å². The summed E-state index contributed by atoms with van der Waals surface area (Å²) in [6.07, 6.45) is 2.23. The van der Waals surface area contributed by atoms with Crippen molar-refractivity contribution >= 4 is 41.1 Å². The molecule has 1 aromatic carbocycles. The summed E-state index contributed by atoms with van der Waals surface area (Å²) >= 11 is 0. The summed E-state index contributed by atoms with van der Waals surface area (Å²) in [5, 5.41) is 19.7. The van der Waals surface area contributed by atoms with Crippen LogP contribution in [0.15, 0.2) is 30.5 Å². The Kier molecular flexibility index (Phi) is 8.57. The van der Waals surface area contributed by atoms with E-state index in [1.54, 1.807) is 6.20 Å². The van der Waals surface area contributed by atoms with Gasteiger partial charge in [0.2, 0.25) is 18.2 Å². The smallest absolute Gasteiger partial charge is 0.326 e. The summed E-state index contributed by atoms with van der Waals surface area (Å²) in [6, 6.07) is 4.28. The number of urea groups is 1. The summed E-state index contributed by atoms with van der Waals surface area (Å²) in [7, 11) is 2.83. The number of likely N-dealkylation sites (N-methyl/N-ethyl adjacent to an activating group) is 2. The number of rotatable bonds is 11. The number of carboxylic acid groups (broad SMARTS) is 1. The number of aliphatic carboxylic acids is 1. The van der Waals surface area contributed by atoms with Gasteiger partial charge in [-0.25, -0.2) is 9.59 Å². The predicted molar refractivity (Wildman–Crippen MR) is 115 cm³/mol. The third-order valence-electron chi connectivity index (χ3n) is 4.66. The van der Waals surface area contributed by atoms with Crippen LogP contribution in [0.2, 0.25) is 0 Å². The molecule has 2 aromatic rings. The number of hydrogen-bond donors (Lipinski definition) is 6. The highest BCUT2D eigenvalue weighted by atomic mass is 16.4. The predicted octanol–water partition coefficient (Wildman–Crippen LogP) is -1.22. The van der Waals surface area contributed by atoms with Crippen molar-refractivity contribution in [1.29, 1.82) is 0 Å². The Morgan fingerprint density at radius 1 is 1.16 bits per heavy atom. The summed E-state index contributed by atoms with van der Waals surface area (Å²) in [4.78, 5) is 62.7. The fourth-order valence-corrected chi connectivity index (χ4v) is 3.04. The van der Waals surface area contributed by atoms with Gasteiger partial charge in [-0.15, -0.1) is 0 Å². The summed E-state index contributed by atoms with van der Waals surface area (Å²) in [5.41, 5.74) is 1.57. The molecule has 0 aliphatic heterocycles. The van der Waals surface area contributed by atoms with E-state index < -0.39 is 42.4 Å². The van der Waals surface area contributed by atoms with Crippen LogP contribution in [0.4, 0.5) is 4.79 Å². The van der Waals surface area contributed by atoms with Crippen LogP contribution in [0.3, 0.4) is 0 Å². The monoisotopic (exact) mass is 446 g/mol. The molecular weight excluding hydrogens is 420 g/mol. The van der Waals surface area contributed by atoms with Crippen LogP contribution in [0.5, 0.6) is 0 Å². The van der Waals surface area contributed by atoms with Crippen molar-refractivity contribution in [2.24, 2.45) is 0 Å². The number of fused-ring (bicyclic) bond motifs is 1. The van der Waals surface area contributed by atoms with Crippen molar-refractivity contribution in [2.75, 3.05) is 27.2 Å². The second-order valence-electron chi connectivity index (χ2n) is 7.06. The Hall–Kier alpha value is -4.09. The number of aromatic amines is 1. The Balaban J connectivity index is 1.91. The van der Waals surface area contributed by atoms with Crippen LogP contribution in [-0.2, 0) is 25.6 Å². The van der Waals surface area contributed by atoms with Gasteiger partial charge in [-0.1, -0.05) is 18.2 Å². The molecule has 0 aliphatic rings. The molecule has 1 heterocycles. The highest BCUT2D eigenvalue weighted by molar-refractivity contribution is 5.91. The lowest BCUT2D eigenvalue weighted by molar-refractivity contribution is -0.139. The van der Waals surface area contributed by atoms with Crippen LogP contribution >= 0.6 is 0 Å². The molecule has 172 valence electrons. The molecular formula is C20H26N6O6. The van der Waals surface area contributed by atoms with Crippen molar-refractivity contribution in [3.8, 4) is 0 Å². The van der Waals surface area contributed by atoms with Crippen molar-refractivity contribution in [3.63, 3.8) is 0 Å². The molecule has 2 rings (SSSR count). The van der Waals surface area contributed by atoms with Crippen LogP contribution in [0.1, 0.15) is 5.56 Å². The van der Waals surface area contributed by atoms with E-state index in [2.05, 4.69) is 26.3 Å². The lowest BCUT2D eigenvalue weighted by atomic mass is 10.1. The van der Waals surface area contributed by atoms with Gasteiger partial charge in [0.15, 0.2) is 0 Å². The largest absolute Gasteiger partial charge is 0.480 e. The third kappa shape index (κ3) is 6.72. The van der Waals surface area contributed by atoms with E-state index in [0.717, 1.165) is 16.5 Å². The first-order valence-corrected chi connectivity index (χ1v) is 9.73. The van der Waals surface area contributed by atoms with Gasteiger partial charge in [0.1, 0.15) is 12.1 Å². The second-order valence-corrected chi connectivity index (χ2v) is 7.06. The first-order chi connectivity index (χ1) is 15.2. The Labute approximate surface area is 183 Å². The zero-order valence-electron chi connectivity index (χ0n) is 17.7. The number of benzene rings is 1. The summed E-state index contributed by atoms with van der Waals surface area (Å²) in [5.74, 6) is -2.43. The maximum absolute atomic E-state index is 12.1. The van der Waals surface area contributed by atoms with Crippen LogP contribution in [-0.4, -0.2) is 84.5 Å². The van der Waals surface area contributed by atoms with E-state index in [1.165, 1.54) is 19.0 Å². The van der Waals surface area contributed by atoms with E-state index in [4.69, 9.17) is 0 Å². The number of hydrogen-bond acceptors (Lipinski definition) is 5. The Bertz CT molecular complexity index is 990. The molecule has 0 spiro atoms. The van der Waals surface area contributed by atoms with Crippen LogP contribution in [0.25, 0.3) is 10.9 Å². The molecule has 32 heavy (non-hydrogen) atoms. The number of aromatic nitrogens is 1. The number of carboxylic acids is 1. The van der Waals surface area contributed by atoms with Crippen LogP contribution in [0, 0.1) is 0 Å². The standard InChI is InChI=1S/C20H26N6O6/c1-21-18(29)16(10-26(2)11-27)24-17(28)9-23-20(32)25-15(19(30)31)7-12-8-22-14-6-4-3-5-13(12)14/h3-6,8,11,15-16,22H,7,9-10H2,1-2H3,(H,21,29)(H,24,28)(H,30,31)(H2,23,25,32). The minimum atomic E-state index is -1.23. The lowest BCUT2D eigenvalue weighted by Gasteiger charge is -2.21. The SMILES string of the molecule is CNC(=O)C(CN(C)C=O)NC(=O)CNC(=O)NC(Cc1c[nH]c2ccccc12)C(=O)O. The maximum Gasteiger partial charge on any atom is 0.326 e. The minimum Gasteiger partial charge on any atom is -0.480 e. The number of carbonyl (C=O) groups excluding carboxylic acids is 4. The van der Waals surface area contributed by atoms with Gasteiger partial charge in [-0.2, -0.15) is 0 Å². The molecule has 12 heteroatoms. The molecule has 0 bridgehead atoms. The summed E-state index contributed by atoms with van der Waals surface area (Å²) in [6.45, 7) is -0.559. The zero-order valence-corrected chi connectivity index (χ0v) is 17.7. The quantitative estimate of drug-likeness (QED) is 0.236. The van der Waals surface area contributed by atoms with E-state index in [9.17, 15) is 29.1 Å². The Morgan fingerprint density at radius 3 is 2.53 bits per heavy atom. The summed E-state index contributed by atoms with van der Waals surface area (Å²) < 4.78 is 0. The average Bonchev–Trinajstić information content (AvgIpc) is 3.18. The second kappa shape index (κ2) is 11.3. The lowest BCUT2D eigenvalue weighted by Crippen LogP contribution is -2.54. The number of nitrogens with one attached hydrogen (secondary N) is 5. The normalized spacial score (nSPS) is 12.3. The van der Waals surface area contributed by atoms with Gasteiger partial charge in [0, 0.05) is 44.2 Å². The van der Waals surface area contributed by atoms with E-state index in [0.29, 0.717) is 6.41 Å². The van der Waals surface area contributed by atoms with E-state index in [-0.39, 0.29) is 13.0 Å². The van der Waals surface area contributed by atoms with Crippen molar-refractivity contribution in [2.45, 2.75) is 18.5 Å². The van der Waals surface area contributed by atoms with Gasteiger partial charge in [0.05, 0.1) is 6.54 Å². The molecule has 2 unspecified atom stereocenters. The van der Waals surface area contributed by atoms with Gasteiger partial charge >= 0.3 is 12.0 Å².